The van der Waals surface area contributed by atoms with Gasteiger partial charge in [-0.1, -0.05) is 11.6 Å². The molecule has 0 aliphatic rings. The number of hydrogen-bond donors (Lipinski definition) is 1. The average molecular weight is 263 g/mol. The Hall–Kier alpha value is -0.0800. The van der Waals surface area contributed by atoms with Crippen molar-refractivity contribution in [3.05, 3.63) is 11.2 Å². The van der Waals surface area contributed by atoms with Crippen LogP contribution in [0.3, 0.4) is 0 Å². The molecule has 0 amide bonds. The first-order chi connectivity index (χ1) is 6.52. The fourth-order valence-corrected chi connectivity index (χ4v) is 1.06. The second-order valence-electron chi connectivity index (χ2n) is 3.17. The van der Waals surface area contributed by atoms with E-state index in [1.807, 2.05) is 44.2 Å². The molecule has 0 spiro atoms. The first-order valence-electron chi connectivity index (χ1n) is 3.83. The van der Waals surface area contributed by atoms with Crippen LogP contribution < -0.4 is 14.0 Å². The lowest BCUT2D eigenvalue weighted by Gasteiger charge is -2.10. The number of halogens is 2. The Morgan fingerprint density at radius 1 is 1.27 bits per heavy atom. The molecule has 0 rings (SSSR count). The van der Waals surface area contributed by atoms with Crippen molar-refractivity contribution in [3.8, 4) is 0 Å². The fourth-order valence-electron chi connectivity index (χ4n) is 0.623. The van der Waals surface area contributed by atoms with Gasteiger partial charge < -0.3 is 9.80 Å². The van der Waals surface area contributed by atoms with Gasteiger partial charge in [-0.2, -0.15) is 14.0 Å². The second-order valence-corrected chi connectivity index (χ2v) is 4.45. The fraction of sp³-hybridized carbons (Fsp3) is 0.714. The molecule has 8 heteroatoms. The Bertz CT molecular complexity index is 186. The first kappa shape index (κ1) is 17.3. The van der Waals surface area contributed by atoms with E-state index in [9.17, 15) is 0 Å². The molecule has 15 heavy (non-hydrogen) atoms. The molecule has 0 unspecified atom stereocenters. The molecule has 1 N–H and O–H groups in total. The van der Waals surface area contributed by atoms with E-state index in [0.717, 1.165) is 11.6 Å². The Labute approximate surface area is 96.7 Å². The molecule has 0 aliphatic carbocycles. The van der Waals surface area contributed by atoms with Gasteiger partial charge in [0, 0.05) is 31.9 Å². The Kier molecular flexibility index (Phi) is 9.37. The maximum Gasteiger partial charge on any atom is 0.0777 e. The van der Waals surface area contributed by atoms with Gasteiger partial charge in [-0.15, -0.1) is 0 Å². The normalized spacial score (nSPS) is 12.3. The van der Waals surface area contributed by atoms with Gasteiger partial charge in [0.05, 0.1) is 14.9 Å². The summed E-state index contributed by atoms with van der Waals surface area (Å²) in [6.45, 7) is 0.805. The molecule has 0 radical (unpaired) electrons. The van der Waals surface area contributed by atoms with Crippen LogP contribution in [0.4, 0.5) is 0 Å². The molecule has 0 heterocycles. The monoisotopic (exact) mass is 262 g/mol. The molecule has 0 aromatic carbocycles. The minimum Gasteiger partial charge on any atom is -0.383 e. The smallest absolute Gasteiger partial charge is 0.0777 e. The van der Waals surface area contributed by atoms with E-state index in [1.165, 1.54) is 0 Å². The van der Waals surface area contributed by atoms with Crippen molar-refractivity contribution in [2.45, 2.75) is 0 Å². The minimum atomic E-state index is -4.69. The van der Waals surface area contributed by atoms with E-state index in [2.05, 4.69) is 0 Å². The number of rotatable bonds is 3. The van der Waals surface area contributed by atoms with E-state index < -0.39 is 10.2 Å². The SMILES string of the molecule is CN(C)C=C(Cl)CN(C)C.[O-][Cl+3]([O-])([O-])O. The summed E-state index contributed by atoms with van der Waals surface area (Å²) in [4.78, 5) is 3.97. The van der Waals surface area contributed by atoms with E-state index in [4.69, 9.17) is 30.2 Å². The maximum atomic E-state index is 8.60. The van der Waals surface area contributed by atoms with Crippen LogP contribution in [0.1, 0.15) is 0 Å². The summed E-state index contributed by atoms with van der Waals surface area (Å²) in [6, 6.07) is 0. The summed E-state index contributed by atoms with van der Waals surface area (Å²) in [5, 5.41) is 0.856. The summed E-state index contributed by atoms with van der Waals surface area (Å²) in [7, 11) is 3.20. The molecule has 92 valence electrons. The van der Waals surface area contributed by atoms with Crippen molar-refractivity contribution in [1.82, 2.24) is 9.80 Å². The molecule has 0 saturated heterocycles. The number of likely N-dealkylation sites (N-methyl/N-ethyl adjacent to an activating group) is 1. The Morgan fingerprint density at radius 3 is 1.80 bits per heavy atom. The van der Waals surface area contributed by atoms with Crippen molar-refractivity contribution in [3.63, 3.8) is 0 Å². The van der Waals surface area contributed by atoms with E-state index >= 15 is 0 Å². The lowest BCUT2D eigenvalue weighted by Crippen LogP contribution is -2.58. The molecule has 0 fully saturated rings. The van der Waals surface area contributed by atoms with Crippen LogP contribution in [0, 0.1) is 10.2 Å². The molecule has 6 nitrogen and oxygen atoms in total. The van der Waals surface area contributed by atoms with Crippen molar-refractivity contribution in [1.29, 1.82) is 0 Å². The zero-order valence-corrected chi connectivity index (χ0v) is 10.6. The highest BCUT2D eigenvalue weighted by Gasteiger charge is 1.98. The lowest BCUT2D eigenvalue weighted by molar-refractivity contribution is -1.92. The molecule has 0 atom stereocenters. The van der Waals surface area contributed by atoms with Gasteiger partial charge >= 0.3 is 0 Å². The Morgan fingerprint density at radius 2 is 1.60 bits per heavy atom. The van der Waals surface area contributed by atoms with Gasteiger partial charge in [0.25, 0.3) is 0 Å². The van der Waals surface area contributed by atoms with Crippen molar-refractivity contribution in [2.75, 3.05) is 34.7 Å². The van der Waals surface area contributed by atoms with E-state index in [-0.39, 0.29) is 0 Å². The molecule has 0 aliphatic heterocycles. The summed E-state index contributed by atoms with van der Waals surface area (Å²) >= 11 is 5.85. The molecule has 0 aromatic rings. The minimum absolute atomic E-state index is 0.805. The van der Waals surface area contributed by atoms with Crippen molar-refractivity contribution >= 4 is 11.6 Å². The number of nitrogens with zero attached hydrogens (tertiary/aromatic N) is 2. The molecule has 0 bridgehead atoms. The van der Waals surface area contributed by atoms with E-state index in [0.29, 0.717) is 0 Å². The predicted octanol–water partition coefficient (Wildman–Crippen LogP) is -2.93. The third-order valence-electron chi connectivity index (χ3n) is 0.866. The van der Waals surface area contributed by atoms with Crippen LogP contribution in [0.15, 0.2) is 11.2 Å². The standard InChI is InChI=1S/C7H15ClN2.ClHO4/c1-9(2)5-7(8)6-10(3)4;2-1(3,4)5/h5H,6H2,1-4H3;(H,2,3,4,5). The van der Waals surface area contributed by atoms with Crippen LogP contribution in [0.2, 0.25) is 0 Å². The van der Waals surface area contributed by atoms with Crippen molar-refractivity contribution in [2.24, 2.45) is 0 Å². The van der Waals surface area contributed by atoms with Gasteiger partial charge in [0.2, 0.25) is 0 Å². The zero-order valence-electron chi connectivity index (χ0n) is 9.11. The molecular formula is C7H16Cl2N2O4. The lowest BCUT2D eigenvalue weighted by atomic mass is 10.5. The molecule has 0 saturated carbocycles. The number of hydrogen-bond acceptors (Lipinski definition) is 6. The highest BCUT2D eigenvalue weighted by atomic mass is 35.7. The summed E-state index contributed by atoms with van der Waals surface area (Å²) in [5.74, 6) is 0. The topological polar surface area (TPSA) is 95.9 Å². The van der Waals surface area contributed by atoms with Gasteiger partial charge in [-0.05, 0) is 14.1 Å². The van der Waals surface area contributed by atoms with Gasteiger partial charge in [0.15, 0.2) is 0 Å². The van der Waals surface area contributed by atoms with Gasteiger partial charge in [0.1, 0.15) is 0 Å². The van der Waals surface area contributed by atoms with Gasteiger partial charge in [-0.3, -0.25) is 0 Å². The van der Waals surface area contributed by atoms with E-state index in [1.54, 1.807) is 0 Å². The highest BCUT2D eigenvalue weighted by Crippen LogP contribution is 2.01. The van der Waals surface area contributed by atoms with Crippen LogP contribution in [-0.2, 0) is 0 Å². The largest absolute Gasteiger partial charge is 0.383 e. The molecular weight excluding hydrogens is 247 g/mol. The zero-order chi connectivity index (χ0) is 12.6. The van der Waals surface area contributed by atoms with Gasteiger partial charge in [-0.25, -0.2) is 0 Å². The van der Waals surface area contributed by atoms with Crippen LogP contribution >= 0.6 is 11.6 Å². The quantitative estimate of drug-likeness (QED) is 0.585. The summed E-state index contributed by atoms with van der Waals surface area (Å²) in [6.07, 6.45) is 1.90. The summed E-state index contributed by atoms with van der Waals surface area (Å²) in [5.41, 5.74) is 0. The van der Waals surface area contributed by atoms with Crippen LogP contribution in [0.25, 0.3) is 0 Å². The average Bonchev–Trinajstić information content (AvgIpc) is 1.76. The summed E-state index contributed by atoms with van der Waals surface area (Å²) < 4.78 is 32.7. The first-order valence-corrected chi connectivity index (χ1v) is 5.47. The van der Waals surface area contributed by atoms with Crippen molar-refractivity contribution < 1.29 is 28.9 Å². The molecule has 0 aromatic heterocycles. The maximum absolute atomic E-state index is 8.60. The van der Waals surface area contributed by atoms with Crippen LogP contribution in [-0.4, -0.2) is 49.2 Å². The highest BCUT2D eigenvalue weighted by molar-refractivity contribution is 6.29. The Balaban J connectivity index is 0. The third-order valence-corrected chi connectivity index (χ3v) is 1.08. The second kappa shape index (κ2) is 8.12. The third kappa shape index (κ3) is 31.5. The van der Waals surface area contributed by atoms with Crippen LogP contribution in [0.5, 0.6) is 0 Å². The predicted molar refractivity (Wildman–Crippen MR) is 48.4 cm³/mol.